The van der Waals surface area contributed by atoms with E-state index in [1.807, 2.05) is 32.9 Å². The Hall–Kier alpha value is -2.70. The van der Waals surface area contributed by atoms with Crippen LogP contribution in [0.4, 0.5) is 0 Å². The molecule has 0 saturated heterocycles. The average Bonchev–Trinajstić information content (AvgIpc) is 3.02. The van der Waals surface area contributed by atoms with E-state index in [1.54, 1.807) is 28.3 Å². The molecule has 142 valence electrons. The SMILES string of the molecule is COc1cc(C(C)NC(=O)c2c(C)noc2C(C)C)cc(OC)c1OC. The molecule has 1 heterocycles. The maximum Gasteiger partial charge on any atom is 0.257 e. The Balaban J connectivity index is 2.32. The molecule has 1 aromatic heterocycles. The van der Waals surface area contributed by atoms with Crippen LogP contribution >= 0.6 is 0 Å². The first-order valence-corrected chi connectivity index (χ1v) is 8.40. The summed E-state index contributed by atoms with van der Waals surface area (Å²) < 4.78 is 21.4. The van der Waals surface area contributed by atoms with Crippen molar-refractivity contribution in [1.82, 2.24) is 10.5 Å². The first-order chi connectivity index (χ1) is 12.3. The Kier molecular flexibility index (Phi) is 6.13. The smallest absolute Gasteiger partial charge is 0.257 e. The van der Waals surface area contributed by atoms with E-state index < -0.39 is 0 Å². The highest BCUT2D eigenvalue weighted by atomic mass is 16.5. The molecule has 1 aromatic carbocycles. The van der Waals surface area contributed by atoms with E-state index in [9.17, 15) is 4.79 Å². The van der Waals surface area contributed by atoms with Crippen LogP contribution in [0.15, 0.2) is 16.7 Å². The Bertz CT molecular complexity index is 757. The number of carbonyl (C=O) groups is 1. The molecule has 0 aliphatic carbocycles. The lowest BCUT2D eigenvalue weighted by Gasteiger charge is -2.19. The van der Waals surface area contributed by atoms with Gasteiger partial charge >= 0.3 is 0 Å². The van der Waals surface area contributed by atoms with Crippen LogP contribution in [-0.4, -0.2) is 32.4 Å². The molecule has 0 spiro atoms. The molecule has 1 N–H and O–H groups in total. The monoisotopic (exact) mass is 362 g/mol. The van der Waals surface area contributed by atoms with Gasteiger partial charge in [-0.25, -0.2) is 0 Å². The molecule has 26 heavy (non-hydrogen) atoms. The normalized spacial score (nSPS) is 12.0. The number of benzene rings is 1. The first kappa shape index (κ1) is 19.6. The minimum Gasteiger partial charge on any atom is -0.493 e. The van der Waals surface area contributed by atoms with Crippen LogP contribution in [0.25, 0.3) is 0 Å². The summed E-state index contributed by atoms with van der Waals surface area (Å²) in [5.41, 5.74) is 1.88. The highest BCUT2D eigenvalue weighted by Gasteiger charge is 2.24. The number of aryl methyl sites for hydroxylation is 1. The van der Waals surface area contributed by atoms with E-state index in [1.165, 1.54) is 0 Å². The van der Waals surface area contributed by atoms with Gasteiger partial charge in [0.05, 0.1) is 33.1 Å². The van der Waals surface area contributed by atoms with Gasteiger partial charge in [-0.2, -0.15) is 0 Å². The number of nitrogens with one attached hydrogen (secondary N) is 1. The fourth-order valence-corrected chi connectivity index (χ4v) is 2.76. The quantitative estimate of drug-likeness (QED) is 0.810. The third-order valence-electron chi connectivity index (χ3n) is 4.18. The lowest BCUT2D eigenvalue weighted by atomic mass is 10.0. The van der Waals surface area contributed by atoms with Crippen LogP contribution in [0.1, 0.15) is 60.1 Å². The van der Waals surface area contributed by atoms with Crippen molar-refractivity contribution < 1.29 is 23.5 Å². The van der Waals surface area contributed by atoms with Crippen LogP contribution < -0.4 is 19.5 Å². The number of aromatic nitrogens is 1. The zero-order valence-corrected chi connectivity index (χ0v) is 16.3. The van der Waals surface area contributed by atoms with Crippen LogP contribution in [0, 0.1) is 6.92 Å². The molecule has 1 amide bonds. The molecule has 1 atom stereocenters. The summed E-state index contributed by atoms with van der Waals surface area (Å²) in [7, 11) is 4.66. The third-order valence-corrected chi connectivity index (χ3v) is 4.18. The maximum absolute atomic E-state index is 12.8. The topological polar surface area (TPSA) is 82.8 Å². The second kappa shape index (κ2) is 8.12. The molecule has 0 radical (unpaired) electrons. The van der Waals surface area contributed by atoms with Crippen LogP contribution in [0.2, 0.25) is 0 Å². The lowest BCUT2D eigenvalue weighted by Crippen LogP contribution is -2.28. The van der Waals surface area contributed by atoms with Gasteiger partial charge < -0.3 is 24.1 Å². The van der Waals surface area contributed by atoms with E-state index >= 15 is 0 Å². The zero-order chi connectivity index (χ0) is 19.4. The van der Waals surface area contributed by atoms with Gasteiger partial charge in [-0.3, -0.25) is 4.79 Å². The maximum atomic E-state index is 12.8. The molecule has 1 unspecified atom stereocenters. The molecule has 0 aliphatic rings. The number of rotatable bonds is 7. The standard InChI is InChI=1S/C19H26N2O5/c1-10(2)17-16(12(4)21-26-17)19(22)20-11(3)13-8-14(23-5)18(25-7)15(9-13)24-6/h8-11H,1-7H3,(H,20,22). The summed E-state index contributed by atoms with van der Waals surface area (Å²) >= 11 is 0. The van der Waals surface area contributed by atoms with Crippen molar-refractivity contribution >= 4 is 5.91 Å². The summed E-state index contributed by atoms with van der Waals surface area (Å²) in [6, 6.07) is 3.34. The van der Waals surface area contributed by atoms with Crippen molar-refractivity contribution in [2.24, 2.45) is 0 Å². The molecule has 0 aliphatic heterocycles. The second-order valence-corrected chi connectivity index (χ2v) is 6.32. The fraction of sp³-hybridized carbons (Fsp3) is 0.474. The molecular formula is C19H26N2O5. The largest absolute Gasteiger partial charge is 0.493 e. The van der Waals surface area contributed by atoms with Crippen LogP contribution in [0.3, 0.4) is 0 Å². The third kappa shape index (κ3) is 3.76. The lowest BCUT2D eigenvalue weighted by molar-refractivity contribution is 0.0936. The fourth-order valence-electron chi connectivity index (χ4n) is 2.76. The van der Waals surface area contributed by atoms with Crippen molar-refractivity contribution in [3.63, 3.8) is 0 Å². The van der Waals surface area contributed by atoms with Gasteiger partial charge in [0.1, 0.15) is 5.56 Å². The van der Waals surface area contributed by atoms with Gasteiger partial charge in [-0.1, -0.05) is 19.0 Å². The van der Waals surface area contributed by atoms with Crippen molar-refractivity contribution in [2.75, 3.05) is 21.3 Å². The Morgan fingerprint density at radius 2 is 1.65 bits per heavy atom. The molecular weight excluding hydrogens is 336 g/mol. The Morgan fingerprint density at radius 1 is 1.08 bits per heavy atom. The van der Waals surface area contributed by atoms with E-state index in [4.69, 9.17) is 18.7 Å². The van der Waals surface area contributed by atoms with E-state index in [-0.39, 0.29) is 17.9 Å². The van der Waals surface area contributed by atoms with Crippen molar-refractivity contribution in [2.45, 2.75) is 39.7 Å². The van der Waals surface area contributed by atoms with Crippen LogP contribution in [-0.2, 0) is 0 Å². The molecule has 0 bridgehead atoms. The minimum absolute atomic E-state index is 0.0634. The molecule has 2 rings (SSSR count). The summed E-state index contributed by atoms with van der Waals surface area (Å²) in [6.45, 7) is 7.56. The minimum atomic E-state index is -0.287. The highest BCUT2D eigenvalue weighted by Crippen LogP contribution is 2.39. The second-order valence-electron chi connectivity index (χ2n) is 6.32. The van der Waals surface area contributed by atoms with Crippen molar-refractivity contribution in [3.8, 4) is 17.2 Å². The molecule has 0 saturated carbocycles. The zero-order valence-electron chi connectivity index (χ0n) is 16.3. The molecule has 2 aromatic rings. The Labute approximate surface area is 153 Å². The van der Waals surface area contributed by atoms with Gasteiger partial charge in [-0.05, 0) is 31.5 Å². The van der Waals surface area contributed by atoms with Gasteiger partial charge in [0.2, 0.25) is 5.75 Å². The predicted molar refractivity (Wildman–Crippen MR) is 97.3 cm³/mol. The van der Waals surface area contributed by atoms with E-state index in [0.29, 0.717) is 34.3 Å². The van der Waals surface area contributed by atoms with E-state index in [2.05, 4.69) is 10.5 Å². The van der Waals surface area contributed by atoms with Gasteiger partial charge in [0.15, 0.2) is 17.3 Å². The predicted octanol–water partition coefficient (Wildman–Crippen LogP) is 3.62. The first-order valence-electron chi connectivity index (χ1n) is 8.40. The molecule has 0 fully saturated rings. The molecule has 7 heteroatoms. The number of ether oxygens (including phenoxy) is 3. The average molecular weight is 362 g/mol. The summed E-state index contributed by atoms with van der Waals surface area (Å²) in [5, 5.41) is 6.91. The number of amides is 1. The summed E-state index contributed by atoms with van der Waals surface area (Å²) in [4.78, 5) is 12.8. The highest BCUT2D eigenvalue weighted by molar-refractivity contribution is 5.96. The number of nitrogens with zero attached hydrogens (tertiary/aromatic N) is 1. The number of hydrogen-bond donors (Lipinski definition) is 1. The number of hydrogen-bond acceptors (Lipinski definition) is 6. The van der Waals surface area contributed by atoms with Crippen LogP contribution in [0.5, 0.6) is 17.2 Å². The number of carbonyl (C=O) groups excluding carboxylic acids is 1. The van der Waals surface area contributed by atoms with Gasteiger partial charge in [0, 0.05) is 5.92 Å². The molecule has 7 nitrogen and oxygen atoms in total. The van der Waals surface area contributed by atoms with Gasteiger partial charge in [0.25, 0.3) is 5.91 Å². The summed E-state index contributed by atoms with van der Waals surface area (Å²) in [6.07, 6.45) is 0. The number of methoxy groups -OCH3 is 3. The van der Waals surface area contributed by atoms with Crippen molar-refractivity contribution in [1.29, 1.82) is 0 Å². The van der Waals surface area contributed by atoms with Crippen molar-refractivity contribution in [3.05, 3.63) is 34.7 Å². The van der Waals surface area contributed by atoms with Gasteiger partial charge in [-0.15, -0.1) is 0 Å². The summed E-state index contributed by atoms with van der Waals surface area (Å²) in [5.74, 6) is 1.99. The van der Waals surface area contributed by atoms with E-state index in [0.717, 1.165) is 5.56 Å². The Morgan fingerprint density at radius 3 is 2.12 bits per heavy atom.